The number of aromatic nitrogens is 1. The molecule has 0 aliphatic carbocycles. The highest BCUT2D eigenvalue weighted by Gasteiger charge is 2.43. The van der Waals surface area contributed by atoms with E-state index >= 15 is 0 Å². The van der Waals surface area contributed by atoms with Gasteiger partial charge in [0.05, 0.1) is 11.0 Å². The van der Waals surface area contributed by atoms with Gasteiger partial charge in [-0.3, -0.25) is 0 Å². The van der Waals surface area contributed by atoms with Gasteiger partial charge in [0.2, 0.25) is 0 Å². The van der Waals surface area contributed by atoms with Crippen molar-refractivity contribution < 1.29 is 9.39 Å². The largest absolute Gasteiger partial charge is 0.551 e. The molecule has 59 heavy (non-hydrogen) atoms. The molecule has 0 atom stereocenters. The molecule has 0 N–H and O–H groups in total. The van der Waals surface area contributed by atoms with Crippen LogP contribution < -0.4 is 41.1 Å². The third kappa shape index (κ3) is 5.15. The summed E-state index contributed by atoms with van der Waals surface area (Å²) in [4.78, 5) is 0. The number of benzene rings is 9. The van der Waals surface area contributed by atoms with Crippen molar-refractivity contribution in [3.05, 3.63) is 218 Å². The van der Waals surface area contributed by atoms with Crippen molar-refractivity contribution in [3.8, 4) is 45.2 Å². The first kappa shape index (κ1) is 33.8. The zero-order valence-electron chi connectivity index (χ0n) is 32.1. The zero-order chi connectivity index (χ0) is 38.9. The Bertz CT molecular complexity index is 3090. The van der Waals surface area contributed by atoms with Crippen LogP contribution in [0.4, 0.5) is 0 Å². The molecule has 0 saturated carbocycles. The van der Waals surface area contributed by atoms with E-state index in [0.29, 0.717) is 0 Å². The van der Waals surface area contributed by atoms with E-state index in [1.165, 1.54) is 42.6 Å². The third-order valence-corrected chi connectivity index (χ3v) is 17.2. The molecule has 12 rings (SSSR count). The molecule has 10 aromatic rings. The molecule has 2 aliphatic rings. The van der Waals surface area contributed by atoms with Gasteiger partial charge in [0.25, 0.3) is 0 Å². The van der Waals surface area contributed by atoms with Gasteiger partial charge in [-0.1, -0.05) is 176 Å². The van der Waals surface area contributed by atoms with E-state index < -0.39 is 8.07 Å². The molecule has 0 bridgehead atoms. The minimum absolute atomic E-state index is 0.314. The van der Waals surface area contributed by atoms with E-state index in [1.54, 1.807) is 0 Å². The summed E-state index contributed by atoms with van der Waals surface area (Å²) in [5, 5.41) is 7.89. The van der Waals surface area contributed by atoms with Gasteiger partial charge in [-0.15, -0.1) is 0 Å². The van der Waals surface area contributed by atoms with Crippen LogP contribution in [-0.2, 0) is 0 Å². The van der Waals surface area contributed by atoms with Crippen LogP contribution in [-0.4, -0.2) is 19.6 Å². The summed E-state index contributed by atoms with van der Waals surface area (Å²) in [6.07, 6.45) is 0. The highest BCUT2D eigenvalue weighted by Crippen LogP contribution is 2.41. The van der Waals surface area contributed by atoms with E-state index in [1.807, 2.05) is 0 Å². The average Bonchev–Trinajstić information content (AvgIpc) is 3.65. The maximum Gasteiger partial charge on any atom is 0.434 e. The summed E-state index contributed by atoms with van der Waals surface area (Å²) in [5.74, 6) is 2.53. The van der Waals surface area contributed by atoms with Crippen LogP contribution in [0, 0.1) is 0 Å². The van der Waals surface area contributed by atoms with Crippen LogP contribution >= 0.6 is 0 Å². The van der Waals surface area contributed by atoms with Gasteiger partial charge < -0.3 is 14.0 Å². The fourth-order valence-electron chi connectivity index (χ4n) is 9.86. The van der Waals surface area contributed by atoms with Crippen LogP contribution in [0.5, 0.6) is 17.2 Å². The van der Waals surface area contributed by atoms with Gasteiger partial charge in [-0.05, 0) is 79.9 Å². The monoisotopic (exact) mass is 769 g/mol. The highest BCUT2D eigenvalue weighted by molar-refractivity contribution is 7.19. The Labute approximate surface area is 344 Å². The Hall–Kier alpha value is -7.34. The van der Waals surface area contributed by atoms with Gasteiger partial charge in [-0.2, -0.15) is 0 Å². The SMILES string of the molecule is c1ccc([Si](c2ccccc2)(c2ccccc2)c2cccc(-c3ccc4c(c3)B3Oc5ccc(-n6c7ccccc7c7ccccc76)cc5-c5cccc(c53)O4)c2)cc1. The standard InChI is InChI=1S/C54H36BNO2Si/c1-4-17-40(18-5-1)59(41-19-6-2-7-20-41,42-21-8-3-9-22-42)43-23-14-16-37(34-43)38-30-32-52-48(35-38)55-54-46(26-15-29-53(54)57-52)47-36-39(31-33-51(47)58-55)56-49-27-12-10-24-44(49)45-25-11-13-28-50(45)56/h1-36H. The quantitative estimate of drug-likeness (QED) is 0.125. The lowest BCUT2D eigenvalue weighted by molar-refractivity contribution is 0.479. The van der Waals surface area contributed by atoms with Gasteiger partial charge in [0, 0.05) is 32.9 Å². The van der Waals surface area contributed by atoms with E-state index in [9.17, 15) is 0 Å². The fraction of sp³-hybridized carbons (Fsp3) is 0. The Morgan fingerprint density at radius 1 is 0.390 bits per heavy atom. The molecular weight excluding hydrogens is 733 g/mol. The molecule has 0 fully saturated rings. The highest BCUT2D eigenvalue weighted by atomic mass is 28.3. The van der Waals surface area contributed by atoms with Crippen molar-refractivity contribution in [2.45, 2.75) is 0 Å². The van der Waals surface area contributed by atoms with Gasteiger partial charge >= 0.3 is 6.92 Å². The predicted octanol–water partition coefficient (Wildman–Crippen LogP) is 9.10. The average molecular weight is 770 g/mol. The van der Waals surface area contributed by atoms with Crippen LogP contribution in [0.25, 0.3) is 49.7 Å². The van der Waals surface area contributed by atoms with Crippen LogP contribution in [0.2, 0.25) is 0 Å². The minimum Gasteiger partial charge on any atom is -0.551 e. The first-order valence-corrected chi connectivity index (χ1v) is 22.3. The summed E-state index contributed by atoms with van der Waals surface area (Å²) in [6.45, 7) is -0.314. The first-order valence-electron chi connectivity index (χ1n) is 20.3. The molecule has 0 saturated heterocycles. The zero-order valence-corrected chi connectivity index (χ0v) is 33.1. The first-order chi connectivity index (χ1) is 29.3. The predicted molar refractivity (Wildman–Crippen MR) is 247 cm³/mol. The Morgan fingerprint density at radius 3 is 1.61 bits per heavy atom. The van der Waals surface area contributed by atoms with Crippen LogP contribution in [0.3, 0.4) is 0 Å². The third-order valence-electron chi connectivity index (χ3n) is 12.4. The van der Waals surface area contributed by atoms with E-state index in [2.05, 4.69) is 223 Å². The molecule has 276 valence electrons. The summed E-state index contributed by atoms with van der Waals surface area (Å²) in [6, 6.07) is 79.4. The maximum absolute atomic E-state index is 7.07. The van der Waals surface area contributed by atoms with Crippen molar-refractivity contribution in [2.24, 2.45) is 0 Å². The molecule has 1 aromatic heterocycles. The molecule has 0 amide bonds. The summed E-state index contributed by atoms with van der Waals surface area (Å²) >= 11 is 0. The second kappa shape index (κ2) is 13.4. The van der Waals surface area contributed by atoms with Crippen LogP contribution in [0.1, 0.15) is 0 Å². The van der Waals surface area contributed by atoms with Crippen molar-refractivity contribution in [3.63, 3.8) is 0 Å². The van der Waals surface area contributed by atoms with Gasteiger partial charge in [0.1, 0.15) is 17.2 Å². The second-order valence-corrected chi connectivity index (χ2v) is 19.4. The summed E-state index contributed by atoms with van der Waals surface area (Å²) < 4.78 is 16.2. The number of hydrogen-bond donors (Lipinski definition) is 0. The Morgan fingerprint density at radius 2 is 0.949 bits per heavy atom. The van der Waals surface area contributed by atoms with Crippen molar-refractivity contribution in [1.29, 1.82) is 0 Å². The van der Waals surface area contributed by atoms with E-state index in [0.717, 1.165) is 56.1 Å². The van der Waals surface area contributed by atoms with Crippen molar-refractivity contribution >= 4 is 68.5 Å². The smallest absolute Gasteiger partial charge is 0.434 e. The van der Waals surface area contributed by atoms with E-state index in [-0.39, 0.29) is 6.92 Å². The van der Waals surface area contributed by atoms with Crippen molar-refractivity contribution in [2.75, 3.05) is 0 Å². The number of fused-ring (bicyclic) bond motifs is 7. The lowest BCUT2D eigenvalue weighted by Gasteiger charge is -2.35. The Balaban J connectivity index is 0.980. The lowest BCUT2D eigenvalue weighted by atomic mass is 9.50. The molecular formula is C54H36BNO2Si. The molecule has 5 heteroatoms. The lowest BCUT2D eigenvalue weighted by Crippen LogP contribution is -2.74. The molecule has 0 radical (unpaired) electrons. The number of ether oxygens (including phenoxy) is 1. The number of nitrogens with zero attached hydrogens (tertiary/aromatic N) is 1. The molecule has 0 spiro atoms. The topological polar surface area (TPSA) is 23.4 Å². The number of hydrogen-bond acceptors (Lipinski definition) is 2. The second-order valence-electron chi connectivity index (χ2n) is 15.5. The van der Waals surface area contributed by atoms with Crippen LogP contribution in [0.15, 0.2) is 218 Å². The summed E-state index contributed by atoms with van der Waals surface area (Å²) in [7, 11) is -2.71. The summed E-state index contributed by atoms with van der Waals surface area (Å²) in [5.41, 5.74) is 10.1. The number of rotatable bonds is 6. The molecule has 9 aromatic carbocycles. The van der Waals surface area contributed by atoms with E-state index in [4.69, 9.17) is 9.39 Å². The Kier molecular flexibility index (Phi) is 7.65. The minimum atomic E-state index is -2.71. The fourth-order valence-corrected chi connectivity index (χ4v) is 14.7. The number of para-hydroxylation sites is 2. The molecule has 2 aliphatic heterocycles. The molecule has 3 heterocycles. The molecule has 3 nitrogen and oxygen atoms in total. The maximum atomic E-state index is 7.07. The molecule has 0 unspecified atom stereocenters. The van der Waals surface area contributed by atoms with Crippen molar-refractivity contribution in [1.82, 2.24) is 4.57 Å². The van der Waals surface area contributed by atoms with Gasteiger partial charge in [0.15, 0.2) is 8.07 Å². The normalized spacial score (nSPS) is 12.6. The van der Waals surface area contributed by atoms with Gasteiger partial charge in [-0.25, -0.2) is 0 Å².